The van der Waals surface area contributed by atoms with Crippen LogP contribution in [-0.4, -0.2) is 6.54 Å². The van der Waals surface area contributed by atoms with Gasteiger partial charge < -0.3 is 25.0 Å². The monoisotopic (exact) mass is 349 g/mol. The number of hydrogen-bond donors (Lipinski definition) is 1. The van der Waals surface area contributed by atoms with Crippen LogP contribution < -0.4 is 109 Å². The molecule has 0 fully saturated rings. The van der Waals surface area contributed by atoms with Crippen LogP contribution in [0.1, 0.15) is 71.1 Å². The van der Waals surface area contributed by atoms with Gasteiger partial charge in [0.25, 0.3) is 0 Å². The first-order valence-electron chi connectivity index (χ1n) is 6.85. The average Bonchev–Trinajstić information content (AvgIpc) is 2.25. The van der Waals surface area contributed by atoms with E-state index in [2.05, 4.69) is 6.92 Å². The van der Waals surface area contributed by atoms with Gasteiger partial charge in [-0.2, -0.15) is 7.82 Å². The van der Waals surface area contributed by atoms with E-state index in [4.69, 9.17) is 25.0 Å². The van der Waals surface area contributed by atoms with E-state index < -0.39 is 7.82 Å². The minimum Gasteiger partial charge on any atom is -0.822 e. The van der Waals surface area contributed by atoms with E-state index in [1.54, 1.807) is 0 Å². The molecule has 0 unspecified atom stereocenters. The van der Waals surface area contributed by atoms with Crippen LogP contribution in [0, 0.1) is 0 Å². The zero-order valence-electron chi connectivity index (χ0n) is 14.4. The normalized spacial score (nSPS) is 9.38. The number of nitrogens with two attached hydrogens (primary N) is 1. The zero-order valence-corrected chi connectivity index (χ0v) is 21.3. The largest absolute Gasteiger partial charge is 1.00 e. The molecule has 0 atom stereocenters. The number of unbranched alkanes of at least 4 members (excludes halogenated alkanes) is 9. The summed E-state index contributed by atoms with van der Waals surface area (Å²) in [7, 11) is -5.39. The van der Waals surface area contributed by atoms with Crippen LogP contribution >= 0.6 is 7.82 Å². The predicted molar refractivity (Wildman–Crippen MR) is 68.5 cm³/mol. The van der Waals surface area contributed by atoms with Crippen LogP contribution in [-0.2, 0) is 4.57 Å². The van der Waals surface area contributed by atoms with Crippen LogP contribution in [0.5, 0.6) is 0 Å². The fraction of sp³-hybridized carbons (Fsp3) is 1.00. The maximum atomic E-state index is 8.55. The molecule has 0 saturated carbocycles. The number of phosphoric acid groups is 1. The van der Waals surface area contributed by atoms with Gasteiger partial charge in [-0.1, -0.05) is 64.7 Å². The fourth-order valence-corrected chi connectivity index (χ4v) is 1.63. The molecule has 2 N–H and O–H groups in total. The van der Waals surface area contributed by atoms with Gasteiger partial charge in [0, 0.05) is 0 Å². The van der Waals surface area contributed by atoms with Crippen LogP contribution in [0.4, 0.5) is 0 Å². The maximum absolute atomic E-state index is 8.55. The van der Waals surface area contributed by atoms with Crippen molar-refractivity contribution < 1.29 is 108 Å². The van der Waals surface area contributed by atoms with Crippen molar-refractivity contribution >= 4 is 7.82 Å². The van der Waals surface area contributed by atoms with Crippen LogP contribution in [0.15, 0.2) is 0 Å². The summed E-state index contributed by atoms with van der Waals surface area (Å²) in [5.41, 5.74) is 5.42. The standard InChI is InChI=1S/C12H27N.3Na.H3O4P/c1-2-3-4-5-6-7-8-9-10-11-12-13;;;;1-5(2,3)4/h2-13H2,1H3;;;;(H3,1,2,3,4)/q;3*+1;/p-3. The second-order valence-corrected chi connectivity index (χ2v) is 5.31. The van der Waals surface area contributed by atoms with Crippen molar-refractivity contribution in [1.82, 2.24) is 0 Å². The summed E-state index contributed by atoms with van der Waals surface area (Å²) in [6, 6.07) is 0. The Bertz CT molecular complexity index is 191. The van der Waals surface area contributed by atoms with Gasteiger partial charge in [-0.3, -0.25) is 0 Å². The molecule has 0 radical (unpaired) electrons. The van der Waals surface area contributed by atoms with Gasteiger partial charge in [-0.25, -0.2) is 0 Å². The van der Waals surface area contributed by atoms with Gasteiger partial charge in [0.1, 0.15) is 0 Å². The Kier molecular flexibility index (Phi) is 46.8. The number of rotatable bonds is 10. The Balaban J connectivity index is -0.0000000933. The van der Waals surface area contributed by atoms with E-state index in [-0.39, 0.29) is 88.7 Å². The molecule has 0 saturated heterocycles. The topological polar surface area (TPSA) is 112 Å². The van der Waals surface area contributed by atoms with Gasteiger partial charge in [-0.15, -0.1) is 0 Å². The van der Waals surface area contributed by atoms with Crippen molar-refractivity contribution in [2.45, 2.75) is 71.1 Å². The van der Waals surface area contributed by atoms with Gasteiger partial charge in [0.2, 0.25) is 0 Å². The summed E-state index contributed by atoms with van der Waals surface area (Å²) in [6.07, 6.45) is 13.9. The first-order valence-corrected chi connectivity index (χ1v) is 8.31. The second kappa shape index (κ2) is 27.9. The van der Waals surface area contributed by atoms with Crippen molar-refractivity contribution in [3.05, 3.63) is 0 Å². The van der Waals surface area contributed by atoms with Gasteiger partial charge >= 0.3 is 88.7 Å². The zero-order chi connectivity index (χ0) is 14.3. The SMILES string of the molecule is CCCCCCCCCCCCN.O=P([O-])([O-])[O-].[Na+].[Na+].[Na+]. The van der Waals surface area contributed by atoms with Gasteiger partial charge in [0.15, 0.2) is 0 Å². The molecule has 0 aromatic heterocycles. The molecule has 21 heavy (non-hydrogen) atoms. The molecule has 0 rings (SSSR count). The van der Waals surface area contributed by atoms with E-state index >= 15 is 0 Å². The summed E-state index contributed by atoms with van der Waals surface area (Å²) in [5, 5.41) is 0. The van der Waals surface area contributed by atoms with Crippen molar-refractivity contribution in [3.8, 4) is 0 Å². The molecule has 0 aliphatic carbocycles. The smallest absolute Gasteiger partial charge is 0.822 e. The predicted octanol–water partition coefficient (Wildman–Crippen LogP) is -7.95. The Morgan fingerprint density at radius 2 is 0.952 bits per heavy atom. The Morgan fingerprint density at radius 1 is 0.714 bits per heavy atom. The first kappa shape index (κ1) is 35.2. The Morgan fingerprint density at radius 3 is 1.19 bits per heavy atom. The molecule has 0 aliphatic rings. The molecule has 0 heterocycles. The quantitative estimate of drug-likeness (QED) is 0.239. The van der Waals surface area contributed by atoms with Crippen LogP contribution in [0.3, 0.4) is 0 Å². The molecule has 5 nitrogen and oxygen atoms in total. The summed E-state index contributed by atoms with van der Waals surface area (Å²) in [4.78, 5) is 25.6. The molecule has 0 aromatic carbocycles. The molecular weight excluding hydrogens is 322 g/mol. The fourth-order valence-electron chi connectivity index (χ4n) is 1.63. The Labute approximate surface area is 196 Å². The van der Waals surface area contributed by atoms with Gasteiger partial charge in [-0.05, 0) is 13.0 Å². The van der Waals surface area contributed by atoms with Gasteiger partial charge in [0.05, 0.1) is 0 Å². The van der Waals surface area contributed by atoms with Crippen molar-refractivity contribution in [1.29, 1.82) is 0 Å². The van der Waals surface area contributed by atoms with E-state index in [0.717, 1.165) is 6.54 Å². The van der Waals surface area contributed by atoms with Crippen molar-refractivity contribution in [2.75, 3.05) is 6.54 Å². The van der Waals surface area contributed by atoms with E-state index in [1.165, 1.54) is 64.2 Å². The van der Waals surface area contributed by atoms with Crippen LogP contribution in [0.2, 0.25) is 0 Å². The average molecular weight is 349 g/mol. The second-order valence-electron chi connectivity index (χ2n) is 4.42. The number of hydrogen-bond acceptors (Lipinski definition) is 5. The summed E-state index contributed by atoms with van der Waals surface area (Å²) >= 11 is 0. The third-order valence-electron chi connectivity index (χ3n) is 2.56. The van der Waals surface area contributed by atoms with E-state index in [9.17, 15) is 0 Å². The minimum absolute atomic E-state index is 0. The summed E-state index contributed by atoms with van der Waals surface area (Å²) in [6.45, 7) is 3.14. The maximum Gasteiger partial charge on any atom is 1.00 e. The summed E-state index contributed by atoms with van der Waals surface area (Å²) in [5.74, 6) is 0. The molecule has 112 valence electrons. The summed E-state index contributed by atoms with van der Waals surface area (Å²) < 4.78 is 8.55. The van der Waals surface area contributed by atoms with Crippen molar-refractivity contribution in [2.24, 2.45) is 5.73 Å². The van der Waals surface area contributed by atoms with Crippen LogP contribution in [0.25, 0.3) is 0 Å². The van der Waals surface area contributed by atoms with E-state index in [1.807, 2.05) is 0 Å². The Hall–Kier alpha value is 3.07. The van der Waals surface area contributed by atoms with E-state index in [0.29, 0.717) is 0 Å². The molecule has 0 aromatic rings. The molecule has 0 amide bonds. The third kappa shape index (κ3) is 60.0. The molecule has 0 aliphatic heterocycles. The molecule has 9 heteroatoms. The van der Waals surface area contributed by atoms with Crippen molar-refractivity contribution in [3.63, 3.8) is 0 Å². The third-order valence-corrected chi connectivity index (χ3v) is 2.56. The molecule has 0 spiro atoms. The first-order chi connectivity index (χ1) is 8.41. The minimum atomic E-state index is -5.39. The molecule has 0 bridgehead atoms. The molecular formula is C12H27NNa3O4P.